The molecule has 1 fully saturated rings. The fourth-order valence-electron chi connectivity index (χ4n) is 2.74. The molecule has 1 saturated heterocycles. The number of nitrogens with zero attached hydrogens (tertiary/aromatic N) is 1. The molecule has 0 aromatic heterocycles. The van der Waals surface area contributed by atoms with Gasteiger partial charge in [0.25, 0.3) is 0 Å². The Morgan fingerprint density at radius 1 is 1.38 bits per heavy atom. The monoisotopic (exact) mass is 289 g/mol. The first kappa shape index (κ1) is 15.4. The van der Waals surface area contributed by atoms with Gasteiger partial charge in [0.15, 0.2) is 5.96 Å². The maximum Gasteiger partial charge on any atom is 0.302 e. The van der Waals surface area contributed by atoms with Crippen LogP contribution in [0, 0.1) is 11.3 Å². The van der Waals surface area contributed by atoms with Gasteiger partial charge in [-0.3, -0.25) is 10.2 Å². The summed E-state index contributed by atoms with van der Waals surface area (Å²) in [4.78, 5) is 12.8. The summed E-state index contributed by atoms with van der Waals surface area (Å²) in [7, 11) is 0. The number of carbonyl (C=O) groups is 1. The van der Waals surface area contributed by atoms with E-state index in [1.165, 1.54) is 12.5 Å². The summed E-state index contributed by atoms with van der Waals surface area (Å²) in [5.74, 6) is 0.554. The lowest BCUT2D eigenvalue weighted by molar-refractivity contribution is -0.142. The third kappa shape index (κ3) is 4.77. The number of nitrogens with one attached hydrogen (secondary N) is 1. The predicted octanol–water partition coefficient (Wildman–Crippen LogP) is 1.90. The Bertz CT molecular complexity index is 508. The van der Waals surface area contributed by atoms with Crippen molar-refractivity contribution < 1.29 is 9.53 Å². The van der Waals surface area contributed by atoms with Crippen molar-refractivity contribution >= 4 is 11.9 Å². The third-order valence-corrected chi connectivity index (χ3v) is 3.91. The van der Waals surface area contributed by atoms with Crippen molar-refractivity contribution in [3.8, 4) is 0 Å². The highest BCUT2D eigenvalue weighted by Crippen LogP contribution is 2.22. The van der Waals surface area contributed by atoms with E-state index < -0.39 is 0 Å². The van der Waals surface area contributed by atoms with E-state index in [2.05, 4.69) is 12.1 Å². The summed E-state index contributed by atoms with van der Waals surface area (Å²) in [6, 6.07) is 8.22. The standard InChI is InChI=1S/C16H23N3O2/c1-12(20)21-11-15-4-2-3-14(10-15)9-13-5-7-19(8-6-13)16(17)18/h2-4,10,13H,5-9,11H2,1H3,(H3,17,18). The molecule has 1 aliphatic rings. The molecular weight excluding hydrogens is 266 g/mol. The molecule has 114 valence electrons. The molecule has 0 saturated carbocycles. The number of hydrogen-bond donors (Lipinski definition) is 2. The molecule has 5 heteroatoms. The molecule has 1 aromatic rings. The Balaban J connectivity index is 1.87. The largest absolute Gasteiger partial charge is 0.461 e. The van der Waals surface area contributed by atoms with Crippen molar-refractivity contribution in [3.05, 3.63) is 35.4 Å². The van der Waals surface area contributed by atoms with E-state index >= 15 is 0 Å². The lowest BCUT2D eigenvalue weighted by Crippen LogP contribution is -2.42. The van der Waals surface area contributed by atoms with Crippen LogP contribution >= 0.6 is 0 Å². The van der Waals surface area contributed by atoms with Crippen molar-refractivity contribution in [1.29, 1.82) is 5.41 Å². The number of guanidine groups is 1. The summed E-state index contributed by atoms with van der Waals surface area (Å²) in [5.41, 5.74) is 7.82. The van der Waals surface area contributed by atoms with Crippen LogP contribution in [-0.2, 0) is 22.6 Å². The summed E-state index contributed by atoms with van der Waals surface area (Å²) in [5, 5.41) is 7.45. The lowest BCUT2D eigenvalue weighted by Gasteiger charge is -2.32. The van der Waals surface area contributed by atoms with Crippen LogP contribution in [0.15, 0.2) is 24.3 Å². The van der Waals surface area contributed by atoms with Gasteiger partial charge in [-0.25, -0.2) is 0 Å². The molecule has 0 unspecified atom stereocenters. The highest BCUT2D eigenvalue weighted by Gasteiger charge is 2.20. The number of esters is 1. The first-order chi connectivity index (χ1) is 10.0. The van der Waals surface area contributed by atoms with Crippen LogP contribution in [-0.4, -0.2) is 29.9 Å². The van der Waals surface area contributed by atoms with Gasteiger partial charge in [-0.15, -0.1) is 0 Å². The van der Waals surface area contributed by atoms with Gasteiger partial charge in [0, 0.05) is 20.0 Å². The zero-order chi connectivity index (χ0) is 15.2. The number of carbonyl (C=O) groups excluding carboxylic acids is 1. The summed E-state index contributed by atoms with van der Waals surface area (Å²) >= 11 is 0. The van der Waals surface area contributed by atoms with Gasteiger partial charge in [-0.05, 0) is 36.3 Å². The maximum absolute atomic E-state index is 10.9. The van der Waals surface area contributed by atoms with E-state index in [9.17, 15) is 4.79 Å². The number of hydrogen-bond acceptors (Lipinski definition) is 3. The van der Waals surface area contributed by atoms with Crippen LogP contribution in [0.2, 0.25) is 0 Å². The summed E-state index contributed by atoms with van der Waals surface area (Å²) in [6.07, 6.45) is 3.15. The Kier molecular flexibility index (Phi) is 5.20. The summed E-state index contributed by atoms with van der Waals surface area (Å²) < 4.78 is 5.03. The highest BCUT2D eigenvalue weighted by atomic mass is 16.5. The highest BCUT2D eigenvalue weighted by molar-refractivity contribution is 5.74. The SMILES string of the molecule is CC(=O)OCc1cccc(CC2CCN(C(=N)N)CC2)c1. The number of piperidine rings is 1. The minimum atomic E-state index is -0.253. The van der Waals surface area contributed by atoms with Crippen LogP contribution in [0.5, 0.6) is 0 Å². The molecule has 3 N–H and O–H groups in total. The maximum atomic E-state index is 10.9. The number of rotatable bonds is 4. The molecule has 2 rings (SSSR count). The van der Waals surface area contributed by atoms with Crippen LogP contribution in [0.25, 0.3) is 0 Å². The molecule has 0 spiro atoms. The molecule has 1 heterocycles. The third-order valence-electron chi connectivity index (χ3n) is 3.91. The fourth-order valence-corrected chi connectivity index (χ4v) is 2.74. The van der Waals surface area contributed by atoms with Gasteiger partial charge < -0.3 is 15.4 Å². The van der Waals surface area contributed by atoms with Crippen molar-refractivity contribution in [2.45, 2.75) is 32.8 Å². The molecule has 21 heavy (non-hydrogen) atoms. The Morgan fingerprint density at radius 3 is 2.67 bits per heavy atom. The zero-order valence-corrected chi connectivity index (χ0v) is 12.5. The van der Waals surface area contributed by atoms with Gasteiger partial charge >= 0.3 is 5.97 Å². The normalized spacial score (nSPS) is 15.8. The van der Waals surface area contributed by atoms with Gasteiger partial charge in [-0.2, -0.15) is 0 Å². The molecule has 5 nitrogen and oxygen atoms in total. The van der Waals surface area contributed by atoms with Crippen LogP contribution in [0.1, 0.15) is 30.9 Å². The molecule has 0 aliphatic carbocycles. The average Bonchev–Trinajstić information content (AvgIpc) is 2.46. The Hall–Kier alpha value is -2.04. The van der Waals surface area contributed by atoms with Crippen molar-refractivity contribution in [3.63, 3.8) is 0 Å². The number of nitrogens with two attached hydrogens (primary N) is 1. The van der Waals surface area contributed by atoms with E-state index in [1.54, 1.807) is 0 Å². The molecule has 0 atom stereocenters. The van der Waals surface area contributed by atoms with Crippen LogP contribution in [0.4, 0.5) is 0 Å². The van der Waals surface area contributed by atoms with Crippen molar-refractivity contribution in [2.24, 2.45) is 11.7 Å². The van der Waals surface area contributed by atoms with Crippen molar-refractivity contribution in [2.75, 3.05) is 13.1 Å². The quantitative estimate of drug-likeness (QED) is 0.504. The second-order valence-electron chi connectivity index (χ2n) is 5.62. The van der Waals surface area contributed by atoms with E-state index in [0.29, 0.717) is 12.5 Å². The Labute approximate surface area is 125 Å². The van der Waals surface area contributed by atoms with E-state index in [4.69, 9.17) is 15.9 Å². The minimum Gasteiger partial charge on any atom is -0.461 e. The molecular formula is C16H23N3O2. The van der Waals surface area contributed by atoms with E-state index in [-0.39, 0.29) is 11.9 Å². The topological polar surface area (TPSA) is 79.4 Å². The zero-order valence-electron chi connectivity index (χ0n) is 12.5. The van der Waals surface area contributed by atoms with Crippen LogP contribution in [0.3, 0.4) is 0 Å². The van der Waals surface area contributed by atoms with Crippen molar-refractivity contribution in [1.82, 2.24) is 4.90 Å². The van der Waals surface area contributed by atoms with Gasteiger partial charge in [0.1, 0.15) is 6.61 Å². The number of benzene rings is 1. The molecule has 0 bridgehead atoms. The molecule has 1 aliphatic heterocycles. The first-order valence-corrected chi connectivity index (χ1v) is 7.34. The fraction of sp³-hybridized carbons (Fsp3) is 0.500. The molecule has 0 amide bonds. The number of ether oxygens (including phenoxy) is 1. The smallest absolute Gasteiger partial charge is 0.302 e. The second-order valence-corrected chi connectivity index (χ2v) is 5.62. The van der Waals surface area contributed by atoms with Crippen LogP contribution < -0.4 is 5.73 Å². The van der Waals surface area contributed by atoms with Gasteiger partial charge in [0.05, 0.1) is 0 Å². The van der Waals surface area contributed by atoms with Gasteiger partial charge in [0.2, 0.25) is 0 Å². The molecule has 1 aromatic carbocycles. The minimum absolute atomic E-state index is 0.178. The second kappa shape index (κ2) is 7.11. The summed E-state index contributed by atoms with van der Waals surface area (Å²) in [6.45, 7) is 3.50. The predicted molar refractivity (Wildman–Crippen MR) is 81.8 cm³/mol. The lowest BCUT2D eigenvalue weighted by atomic mass is 9.90. The first-order valence-electron chi connectivity index (χ1n) is 7.34. The van der Waals surface area contributed by atoms with Gasteiger partial charge in [-0.1, -0.05) is 24.3 Å². The molecule has 0 radical (unpaired) electrons. The number of likely N-dealkylation sites (tertiary alicyclic amines) is 1. The average molecular weight is 289 g/mol. The van der Waals surface area contributed by atoms with E-state index in [0.717, 1.165) is 37.9 Å². The Morgan fingerprint density at radius 2 is 2.05 bits per heavy atom. The van der Waals surface area contributed by atoms with E-state index in [1.807, 2.05) is 17.0 Å².